The molecule has 6 nitrogen and oxygen atoms in total. The molecule has 1 heterocycles. The van der Waals surface area contributed by atoms with Gasteiger partial charge in [-0.3, -0.25) is 0 Å². The third-order valence-electron chi connectivity index (χ3n) is 4.13. The van der Waals surface area contributed by atoms with E-state index in [1.807, 2.05) is 35.2 Å². The Morgan fingerprint density at radius 1 is 1.08 bits per heavy atom. The molecule has 0 bridgehead atoms. The highest BCUT2D eigenvalue weighted by molar-refractivity contribution is 7.89. The van der Waals surface area contributed by atoms with E-state index in [9.17, 15) is 13.2 Å². The molecule has 0 saturated carbocycles. The van der Waals surface area contributed by atoms with Crippen molar-refractivity contribution in [3.05, 3.63) is 60.2 Å². The molecule has 2 aromatic carbocycles. The van der Waals surface area contributed by atoms with Gasteiger partial charge >= 0.3 is 6.03 Å². The van der Waals surface area contributed by atoms with Gasteiger partial charge in [0.1, 0.15) is 0 Å². The molecule has 1 fully saturated rings. The van der Waals surface area contributed by atoms with Crippen LogP contribution < -0.4 is 10.5 Å². The lowest BCUT2D eigenvalue weighted by Gasteiger charge is -2.25. The van der Waals surface area contributed by atoms with E-state index in [2.05, 4.69) is 5.32 Å². The molecule has 0 aromatic heterocycles. The lowest BCUT2D eigenvalue weighted by molar-refractivity contribution is 0.207. The molecule has 1 saturated heterocycles. The maximum atomic E-state index is 12.6. The molecule has 0 radical (unpaired) electrons. The third-order valence-corrected chi connectivity index (χ3v) is 5.06. The van der Waals surface area contributed by atoms with Gasteiger partial charge in [-0.1, -0.05) is 30.3 Å². The van der Waals surface area contributed by atoms with E-state index in [1.54, 1.807) is 0 Å². The van der Waals surface area contributed by atoms with Gasteiger partial charge in [-0.05, 0) is 42.7 Å². The van der Waals surface area contributed by atoms with Crippen molar-refractivity contribution in [2.75, 3.05) is 11.9 Å². The summed E-state index contributed by atoms with van der Waals surface area (Å²) in [5.74, 6) is 0. The van der Waals surface area contributed by atoms with Gasteiger partial charge in [-0.25, -0.2) is 18.4 Å². The number of urea groups is 1. The number of carbonyl (C=O) groups excluding carboxylic acids is 1. The van der Waals surface area contributed by atoms with Gasteiger partial charge in [0.2, 0.25) is 10.0 Å². The molecule has 1 aliphatic rings. The molecule has 1 aliphatic heterocycles. The molecular formula is C17H19N3O3S. The molecule has 3 N–H and O–H groups in total. The van der Waals surface area contributed by atoms with Crippen LogP contribution in [0.15, 0.2) is 59.5 Å². The summed E-state index contributed by atoms with van der Waals surface area (Å²) in [5, 5.41) is 7.88. The minimum Gasteiger partial charge on any atom is -0.317 e. The third kappa shape index (κ3) is 3.58. The number of hydrogen-bond donors (Lipinski definition) is 2. The lowest BCUT2D eigenvalue weighted by Crippen LogP contribution is -2.34. The van der Waals surface area contributed by atoms with Gasteiger partial charge in [0.25, 0.3) is 0 Å². The first-order valence-corrected chi connectivity index (χ1v) is 9.25. The van der Waals surface area contributed by atoms with Crippen molar-refractivity contribution in [3.8, 4) is 0 Å². The predicted octanol–water partition coefficient (Wildman–Crippen LogP) is 2.70. The van der Waals surface area contributed by atoms with Crippen LogP contribution in [0.4, 0.5) is 10.5 Å². The number of anilines is 1. The van der Waals surface area contributed by atoms with Crippen LogP contribution in [0.2, 0.25) is 0 Å². The van der Waals surface area contributed by atoms with E-state index in [4.69, 9.17) is 5.14 Å². The lowest BCUT2D eigenvalue weighted by atomic mass is 10.1. The highest BCUT2D eigenvalue weighted by Crippen LogP contribution is 2.32. The Balaban J connectivity index is 1.72. The molecule has 126 valence electrons. The van der Waals surface area contributed by atoms with Crippen LogP contribution >= 0.6 is 0 Å². The molecule has 7 heteroatoms. The number of rotatable bonds is 3. The van der Waals surface area contributed by atoms with Crippen LogP contribution in [0.5, 0.6) is 0 Å². The van der Waals surface area contributed by atoms with Gasteiger partial charge in [0.15, 0.2) is 0 Å². The monoisotopic (exact) mass is 345 g/mol. The Labute approximate surface area is 141 Å². The van der Waals surface area contributed by atoms with Gasteiger partial charge in [-0.2, -0.15) is 0 Å². The van der Waals surface area contributed by atoms with Gasteiger partial charge in [0.05, 0.1) is 10.9 Å². The number of carbonyl (C=O) groups is 1. The summed E-state index contributed by atoms with van der Waals surface area (Å²) in [6.07, 6.45) is 1.89. The van der Waals surface area contributed by atoms with Crippen molar-refractivity contribution < 1.29 is 13.2 Å². The number of amides is 2. The van der Waals surface area contributed by atoms with E-state index in [0.29, 0.717) is 12.2 Å². The van der Waals surface area contributed by atoms with Gasteiger partial charge in [0, 0.05) is 12.2 Å². The Hall–Kier alpha value is -2.38. The standard InChI is InChI=1S/C17H19N3O3S/c18-24(22,23)15-10-8-14(9-11-15)19-17(21)20-12-4-7-16(20)13-5-2-1-3-6-13/h1-3,5-6,8-11,16H,4,7,12H2,(H,19,21)(H2,18,22,23)/t16-/m1/s1. The van der Waals surface area contributed by atoms with E-state index in [-0.39, 0.29) is 17.0 Å². The maximum absolute atomic E-state index is 12.6. The van der Waals surface area contributed by atoms with Crippen molar-refractivity contribution >= 4 is 21.7 Å². The summed E-state index contributed by atoms with van der Waals surface area (Å²) in [6, 6.07) is 15.6. The minimum absolute atomic E-state index is 0.0174. The van der Waals surface area contributed by atoms with Crippen LogP contribution in [0.1, 0.15) is 24.4 Å². The van der Waals surface area contributed by atoms with Crippen LogP contribution in [-0.4, -0.2) is 25.9 Å². The highest BCUT2D eigenvalue weighted by Gasteiger charge is 2.29. The summed E-state index contributed by atoms with van der Waals surface area (Å²) < 4.78 is 22.5. The highest BCUT2D eigenvalue weighted by atomic mass is 32.2. The first-order valence-electron chi connectivity index (χ1n) is 7.70. The zero-order valence-electron chi connectivity index (χ0n) is 13.1. The minimum atomic E-state index is -3.73. The molecular weight excluding hydrogens is 326 g/mol. The fourth-order valence-electron chi connectivity index (χ4n) is 2.95. The Morgan fingerprint density at radius 3 is 2.38 bits per heavy atom. The average Bonchev–Trinajstić information content (AvgIpc) is 3.05. The zero-order valence-corrected chi connectivity index (χ0v) is 13.9. The second-order valence-electron chi connectivity index (χ2n) is 5.76. The number of nitrogens with one attached hydrogen (secondary N) is 1. The second-order valence-corrected chi connectivity index (χ2v) is 7.32. The van der Waals surface area contributed by atoms with E-state index >= 15 is 0 Å². The van der Waals surface area contributed by atoms with Crippen LogP contribution in [0.3, 0.4) is 0 Å². The number of benzene rings is 2. The summed E-state index contributed by atoms with van der Waals surface area (Å²) in [5.41, 5.74) is 1.65. The van der Waals surface area contributed by atoms with Crippen LogP contribution in [-0.2, 0) is 10.0 Å². The van der Waals surface area contributed by atoms with Crippen molar-refractivity contribution in [2.45, 2.75) is 23.8 Å². The summed E-state index contributed by atoms with van der Waals surface area (Å²) in [7, 11) is -3.73. The summed E-state index contributed by atoms with van der Waals surface area (Å²) in [4.78, 5) is 14.4. The normalized spacial score (nSPS) is 17.7. The molecule has 24 heavy (non-hydrogen) atoms. The fraction of sp³-hybridized carbons (Fsp3) is 0.235. The number of nitrogens with zero attached hydrogens (tertiary/aromatic N) is 1. The Morgan fingerprint density at radius 2 is 1.75 bits per heavy atom. The number of likely N-dealkylation sites (tertiary alicyclic amines) is 1. The van der Waals surface area contributed by atoms with Crippen molar-refractivity contribution in [1.29, 1.82) is 0 Å². The molecule has 1 atom stereocenters. The van der Waals surface area contributed by atoms with E-state index < -0.39 is 10.0 Å². The molecule has 0 aliphatic carbocycles. The van der Waals surface area contributed by atoms with Crippen molar-refractivity contribution in [2.24, 2.45) is 5.14 Å². The second kappa shape index (κ2) is 6.62. The molecule has 3 rings (SSSR count). The first kappa shape index (κ1) is 16.5. The summed E-state index contributed by atoms with van der Waals surface area (Å²) >= 11 is 0. The number of nitrogens with two attached hydrogens (primary N) is 1. The quantitative estimate of drug-likeness (QED) is 0.896. The fourth-order valence-corrected chi connectivity index (χ4v) is 3.47. The molecule has 2 aromatic rings. The summed E-state index contributed by atoms with van der Waals surface area (Å²) in [6.45, 7) is 0.695. The zero-order chi connectivity index (χ0) is 17.2. The van der Waals surface area contributed by atoms with Crippen LogP contribution in [0, 0.1) is 0 Å². The van der Waals surface area contributed by atoms with E-state index in [1.165, 1.54) is 24.3 Å². The average molecular weight is 345 g/mol. The molecule has 0 unspecified atom stereocenters. The molecule has 2 amide bonds. The predicted molar refractivity (Wildman–Crippen MR) is 92.0 cm³/mol. The molecule has 0 spiro atoms. The van der Waals surface area contributed by atoms with Crippen molar-refractivity contribution in [1.82, 2.24) is 4.90 Å². The number of primary sulfonamides is 1. The van der Waals surface area contributed by atoms with Gasteiger partial charge < -0.3 is 10.2 Å². The smallest absolute Gasteiger partial charge is 0.317 e. The SMILES string of the molecule is NS(=O)(=O)c1ccc(NC(=O)N2CCC[C@@H]2c2ccccc2)cc1. The Bertz CT molecular complexity index is 820. The van der Waals surface area contributed by atoms with E-state index in [0.717, 1.165) is 18.4 Å². The number of sulfonamides is 1. The Kier molecular flexibility index (Phi) is 4.55. The van der Waals surface area contributed by atoms with Crippen LogP contribution in [0.25, 0.3) is 0 Å². The maximum Gasteiger partial charge on any atom is 0.322 e. The van der Waals surface area contributed by atoms with Gasteiger partial charge in [-0.15, -0.1) is 0 Å². The first-order chi connectivity index (χ1) is 11.4. The number of hydrogen-bond acceptors (Lipinski definition) is 3. The largest absolute Gasteiger partial charge is 0.322 e. The topological polar surface area (TPSA) is 92.5 Å². The van der Waals surface area contributed by atoms with Crippen molar-refractivity contribution in [3.63, 3.8) is 0 Å².